The van der Waals surface area contributed by atoms with Crippen molar-refractivity contribution in [1.82, 2.24) is 0 Å². The Morgan fingerprint density at radius 3 is 2.60 bits per heavy atom. The fourth-order valence-corrected chi connectivity index (χ4v) is 2.83. The highest BCUT2D eigenvalue weighted by Gasteiger charge is 2.15. The summed E-state index contributed by atoms with van der Waals surface area (Å²) in [5, 5.41) is 2.17. The zero-order chi connectivity index (χ0) is 18.1. The quantitative estimate of drug-likeness (QED) is 0.462. The molecule has 0 saturated heterocycles. The van der Waals surface area contributed by atoms with E-state index in [9.17, 15) is 4.57 Å². The van der Waals surface area contributed by atoms with Crippen LogP contribution in [0.5, 0.6) is 5.75 Å². The second-order valence-corrected chi connectivity index (χ2v) is 7.00. The lowest BCUT2D eigenvalue weighted by Gasteiger charge is -2.20. The number of fused-ring (bicyclic) bond motifs is 1. The number of unbranched alkanes of at least 4 members (excludes halogenated alkanes) is 1. The highest BCUT2D eigenvalue weighted by atomic mass is 31.2. The minimum absolute atomic E-state index is 0.104. The summed E-state index contributed by atoms with van der Waals surface area (Å²) in [6.45, 7) is 2.41. The third kappa shape index (κ3) is 7.14. The predicted molar refractivity (Wildman–Crippen MR) is 96.7 cm³/mol. The van der Waals surface area contributed by atoms with Crippen LogP contribution in [0.3, 0.4) is 0 Å². The lowest BCUT2D eigenvalue weighted by atomic mass is 10.1. The van der Waals surface area contributed by atoms with Crippen LogP contribution in [0.4, 0.5) is 0 Å². The second-order valence-electron chi connectivity index (χ2n) is 5.76. The molecule has 25 heavy (non-hydrogen) atoms. The van der Waals surface area contributed by atoms with Gasteiger partial charge in [0, 0.05) is 5.39 Å². The van der Waals surface area contributed by atoms with Gasteiger partial charge in [-0.2, -0.15) is 0 Å². The molecular formula is C18H25O6P. The van der Waals surface area contributed by atoms with E-state index in [0.717, 1.165) is 35.8 Å². The van der Waals surface area contributed by atoms with E-state index in [2.05, 4.69) is 11.4 Å². The van der Waals surface area contributed by atoms with Crippen molar-refractivity contribution < 1.29 is 28.3 Å². The van der Waals surface area contributed by atoms with E-state index < -0.39 is 7.82 Å². The van der Waals surface area contributed by atoms with Crippen LogP contribution in [0.1, 0.15) is 26.2 Å². The first kappa shape index (κ1) is 19.9. The lowest BCUT2D eigenvalue weighted by Crippen LogP contribution is -2.24. The summed E-state index contributed by atoms with van der Waals surface area (Å²) in [5.74, 6) is 0.814. The summed E-state index contributed by atoms with van der Waals surface area (Å²) in [5.41, 5.74) is 0. The summed E-state index contributed by atoms with van der Waals surface area (Å²) in [4.78, 5) is 17.3. The highest BCUT2D eigenvalue weighted by molar-refractivity contribution is 7.46. The summed E-state index contributed by atoms with van der Waals surface area (Å²) < 4.78 is 26.6. The SMILES string of the molecule is CCCCC(COCCOP(=O)(O)O)Oc1cccc2ccccc12. The van der Waals surface area contributed by atoms with Crippen molar-refractivity contribution in [3.05, 3.63) is 42.5 Å². The van der Waals surface area contributed by atoms with Crippen LogP contribution in [-0.2, 0) is 13.8 Å². The van der Waals surface area contributed by atoms with Gasteiger partial charge in [-0.15, -0.1) is 0 Å². The van der Waals surface area contributed by atoms with Gasteiger partial charge in [-0.1, -0.05) is 49.7 Å². The van der Waals surface area contributed by atoms with Gasteiger partial charge in [0.1, 0.15) is 11.9 Å². The van der Waals surface area contributed by atoms with Gasteiger partial charge >= 0.3 is 7.82 Å². The molecule has 2 aromatic rings. The van der Waals surface area contributed by atoms with E-state index in [-0.39, 0.29) is 19.3 Å². The Kier molecular flexibility index (Phi) is 7.88. The minimum Gasteiger partial charge on any atom is -0.487 e. The molecule has 2 N–H and O–H groups in total. The Hall–Kier alpha value is -1.43. The fourth-order valence-electron chi connectivity index (χ4n) is 2.52. The van der Waals surface area contributed by atoms with Crippen LogP contribution in [0.2, 0.25) is 0 Å². The molecular weight excluding hydrogens is 343 g/mol. The molecule has 6 nitrogen and oxygen atoms in total. The van der Waals surface area contributed by atoms with Crippen molar-refractivity contribution >= 4 is 18.6 Å². The minimum atomic E-state index is -4.44. The molecule has 0 radical (unpaired) electrons. The average molecular weight is 368 g/mol. The molecule has 0 bridgehead atoms. The van der Waals surface area contributed by atoms with E-state index in [1.165, 1.54) is 0 Å². The van der Waals surface area contributed by atoms with Gasteiger partial charge in [-0.25, -0.2) is 4.57 Å². The number of ether oxygens (including phenoxy) is 2. The lowest BCUT2D eigenvalue weighted by molar-refractivity contribution is 0.0279. The van der Waals surface area contributed by atoms with E-state index in [1.807, 2.05) is 42.5 Å². The van der Waals surface area contributed by atoms with Gasteiger partial charge in [-0.3, -0.25) is 4.52 Å². The van der Waals surface area contributed by atoms with Gasteiger partial charge in [0.15, 0.2) is 0 Å². The van der Waals surface area contributed by atoms with Crippen LogP contribution in [0.25, 0.3) is 10.8 Å². The predicted octanol–water partition coefficient (Wildman–Crippen LogP) is 3.90. The molecule has 1 atom stereocenters. The van der Waals surface area contributed by atoms with Crippen molar-refractivity contribution in [2.45, 2.75) is 32.3 Å². The Balaban J connectivity index is 1.93. The molecule has 0 fully saturated rings. The van der Waals surface area contributed by atoms with Gasteiger partial charge in [0.2, 0.25) is 0 Å². The number of hydrogen-bond donors (Lipinski definition) is 2. The third-order valence-corrected chi connectivity index (χ3v) is 4.23. The van der Waals surface area contributed by atoms with E-state index in [0.29, 0.717) is 6.61 Å². The molecule has 0 saturated carbocycles. The van der Waals surface area contributed by atoms with E-state index >= 15 is 0 Å². The molecule has 2 rings (SSSR count). The topological polar surface area (TPSA) is 85.2 Å². The summed E-state index contributed by atoms with van der Waals surface area (Å²) >= 11 is 0. The van der Waals surface area contributed by atoms with Crippen molar-refractivity contribution in [2.24, 2.45) is 0 Å². The van der Waals surface area contributed by atoms with Crippen LogP contribution < -0.4 is 4.74 Å². The maximum Gasteiger partial charge on any atom is 0.469 e. The third-order valence-electron chi connectivity index (χ3n) is 3.71. The molecule has 2 aromatic carbocycles. The molecule has 0 aliphatic rings. The number of phosphoric acid groups is 1. The number of hydrogen-bond acceptors (Lipinski definition) is 4. The van der Waals surface area contributed by atoms with Gasteiger partial charge < -0.3 is 19.3 Å². The zero-order valence-electron chi connectivity index (χ0n) is 14.3. The Morgan fingerprint density at radius 1 is 1.08 bits per heavy atom. The number of benzene rings is 2. The Morgan fingerprint density at radius 2 is 1.84 bits per heavy atom. The number of phosphoric ester groups is 1. The molecule has 7 heteroatoms. The van der Waals surface area contributed by atoms with Crippen LogP contribution in [-0.4, -0.2) is 35.7 Å². The normalized spacial score (nSPS) is 13.1. The first-order valence-corrected chi connectivity index (χ1v) is 9.95. The zero-order valence-corrected chi connectivity index (χ0v) is 15.2. The van der Waals surface area contributed by atoms with E-state index in [4.69, 9.17) is 19.3 Å². The van der Waals surface area contributed by atoms with Gasteiger partial charge in [-0.05, 0) is 24.3 Å². The van der Waals surface area contributed by atoms with Crippen molar-refractivity contribution in [3.63, 3.8) is 0 Å². The van der Waals surface area contributed by atoms with Crippen molar-refractivity contribution in [1.29, 1.82) is 0 Å². The molecule has 0 aromatic heterocycles. The Labute approximate surface area is 148 Å². The second kappa shape index (κ2) is 9.90. The average Bonchev–Trinajstić information content (AvgIpc) is 2.58. The Bertz CT molecular complexity index is 694. The van der Waals surface area contributed by atoms with Crippen LogP contribution in [0, 0.1) is 0 Å². The van der Waals surface area contributed by atoms with Crippen LogP contribution >= 0.6 is 7.82 Å². The molecule has 0 aliphatic carbocycles. The van der Waals surface area contributed by atoms with Crippen molar-refractivity contribution in [2.75, 3.05) is 19.8 Å². The standard InChI is InChI=1S/C18H25O6P/c1-2-3-9-16(14-22-12-13-23-25(19,20)21)24-18-11-6-8-15-7-4-5-10-17(15)18/h4-8,10-11,16H,2-3,9,12-14H2,1H3,(H2,19,20,21). The summed E-state index contributed by atoms with van der Waals surface area (Å²) in [6.07, 6.45) is 2.79. The maximum absolute atomic E-state index is 10.6. The summed E-state index contributed by atoms with van der Waals surface area (Å²) in [7, 11) is -4.44. The maximum atomic E-state index is 10.6. The summed E-state index contributed by atoms with van der Waals surface area (Å²) in [6, 6.07) is 14.0. The molecule has 0 amide bonds. The molecule has 1 unspecified atom stereocenters. The van der Waals surface area contributed by atoms with Gasteiger partial charge in [0.05, 0.1) is 19.8 Å². The van der Waals surface area contributed by atoms with E-state index in [1.54, 1.807) is 0 Å². The molecule has 0 heterocycles. The number of rotatable bonds is 11. The molecule has 0 spiro atoms. The van der Waals surface area contributed by atoms with Crippen molar-refractivity contribution in [3.8, 4) is 5.75 Å². The van der Waals surface area contributed by atoms with Crippen LogP contribution in [0.15, 0.2) is 42.5 Å². The first-order valence-electron chi connectivity index (χ1n) is 8.42. The molecule has 138 valence electrons. The largest absolute Gasteiger partial charge is 0.487 e. The molecule has 0 aliphatic heterocycles. The van der Waals surface area contributed by atoms with Gasteiger partial charge in [0.25, 0.3) is 0 Å². The monoisotopic (exact) mass is 368 g/mol. The fraction of sp³-hybridized carbons (Fsp3) is 0.444. The first-order chi connectivity index (χ1) is 12.0. The highest BCUT2D eigenvalue weighted by Crippen LogP contribution is 2.35. The smallest absolute Gasteiger partial charge is 0.469 e.